The molecule has 4 nitrogen and oxygen atoms in total. The first-order valence-corrected chi connectivity index (χ1v) is 8.27. The molecule has 23 heavy (non-hydrogen) atoms. The number of amides is 1. The number of hydrogen-bond acceptors (Lipinski definition) is 3. The van der Waals surface area contributed by atoms with Gasteiger partial charge in [-0.05, 0) is 42.0 Å². The summed E-state index contributed by atoms with van der Waals surface area (Å²) in [5.41, 5.74) is 1.75. The van der Waals surface area contributed by atoms with E-state index >= 15 is 0 Å². The van der Waals surface area contributed by atoms with Crippen LogP contribution in [0, 0.1) is 0 Å². The molecular weight excluding hydrogens is 358 g/mol. The van der Waals surface area contributed by atoms with E-state index in [0.717, 1.165) is 15.8 Å². The third-order valence-electron chi connectivity index (χ3n) is 3.93. The van der Waals surface area contributed by atoms with Gasteiger partial charge in [0.25, 0.3) is 5.91 Å². The zero-order valence-corrected chi connectivity index (χ0v) is 14.5. The van der Waals surface area contributed by atoms with Crippen molar-refractivity contribution in [1.82, 2.24) is 4.90 Å². The second-order valence-electron chi connectivity index (χ2n) is 5.39. The fourth-order valence-electron chi connectivity index (χ4n) is 2.63. The molecule has 0 spiro atoms. The molecule has 1 heterocycles. The van der Waals surface area contributed by atoms with Gasteiger partial charge in [0.2, 0.25) is 0 Å². The molecule has 0 saturated carbocycles. The van der Waals surface area contributed by atoms with Gasteiger partial charge in [0, 0.05) is 16.6 Å². The van der Waals surface area contributed by atoms with Crippen LogP contribution in [0.25, 0.3) is 0 Å². The normalized spacial score (nSPS) is 17.8. The lowest BCUT2D eigenvalue weighted by Crippen LogP contribution is -2.42. The predicted molar refractivity (Wildman–Crippen MR) is 91.7 cm³/mol. The van der Waals surface area contributed by atoms with Crippen LogP contribution in [0.1, 0.15) is 22.0 Å². The van der Waals surface area contributed by atoms with Crippen molar-refractivity contribution in [2.75, 3.05) is 26.8 Å². The molecule has 0 aromatic heterocycles. The maximum absolute atomic E-state index is 12.7. The van der Waals surface area contributed by atoms with Crippen LogP contribution in [0.3, 0.4) is 0 Å². The van der Waals surface area contributed by atoms with Crippen molar-refractivity contribution in [2.24, 2.45) is 0 Å². The van der Waals surface area contributed by atoms with Crippen LogP contribution < -0.4 is 4.74 Å². The topological polar surface area (TPSA) is 38.8 Å². The zero-order valence-electron chi connectivity index (χ0n) is 12.9. The summed E-state index contributed by atoms with van der Waals surface area (Å²) in [5.74, 6) is 0.773. The molecule has 1 fully saturated rings. The second kappa shape index (κ2) is 7.15. The fourth-order valence-corrected chi connectivity index (χ4v) is 2.89. The van der Waals surface area contributed by atoms with Crippen LogP contribution in [0.4, 0.5) is 0 Å². The molecule has 5 heteroatoms. The minimum Gasteiger partial charge on any atom is -0.497 e. The van der Waals surface area contributed by atoms with Crippen molar-refractivity contribution in [2.45, 2.75) is 6.10 Å². The summed E-state index contributed by atoms with van der Waals surface area (Å²) in [6.45, 7) is 1.72. The molecule has 0 aliphatic carbocycles. The Bertz CT molecular complexity index is 670. The van der Waals surface area contributed by atoms with Gasteiger partial charge in [0.15, 0.2) is 0 Å². The maximum atomic E-state index is 12.7. The minimum absolute atomic E-state index is 0.0260. The first-order valence-electron chi connectivity index (χ1n) is 7.48. The first-order chi connectivity index (χ1) is 11.2. The van der Waals surface area contributed by atoms with Crippen molar-refractivity contribution in [1.29, 1.82) is 0 Å². The number of hydrogen-bond donors (Lipinski definition) is 0. The Balaban J connectivity index is 1.72. The average Bonchev–Trinajstić information content (AvgIpc) is 2.62. The number of benzene rings is 2. The Morgan fingerprint density at radius 1 is 1.17 bits per heavy atom. The molecule has 0 N–H and O–H groups in total. The van der Waals surface area contributed by atoms with Crippen molar-refractivity contribution < 1.29 is 14.3 Å². The van der Waals surface area contributed by atoms with Crippen molar-refractivity contribution >= 4 is 21.8 Å². The third kappa shape index (κ3) is 3.74. The van der Waals surface area contributed by atoms with E-state index in [-0.39, 0.29) is 12.0 Å². The second-order valence-corrected chi connectivity index (χ2v) is 6.31. The van der Waals surface area contributed by atoms with Crippen molar-refractivity contribution in [3.8, 4) is 5.75 Å². The Labute approximate surface area is 144 Å². The summed E-state index contributed by atoms with van der Waals surface area (Å²) in [5, 5.41) is 0. The van der Waals surface area contributed by atoms with E-state index in [1.807, 2.05) is 29.2 Å². The zero-order chi connectivity index (χ0) is 16.2. The maximum Gasteiger partial charge on any atom is 0.254 e. The minimum atomic E-state index is -0.0842. The van der Waals surface area contributed by atoms with E-state index in [9.17, 15) is 4.79 Å². The highest BCUT2D eigenvalue weighted by Gasteiger charge is 2.26. The quantitative estimate of drug-likeness (QED) is 0.821. The number of nitrogens with zero attached hydrogens (tertiary/aromatic N) is 1. The monoisotopic (exact) mass is 375 g/mol. The smallest absolute Gasteiger partial charge is 0.254 e. The highest BCUT2D eigenvalue weighted by atomic mass is 79.9. The summed E-state index contributed by atoms with van der Waals surface area (Å²) >= 11 is 3.43. The van der Waals surface area contributed by atoms with Gasteiger partial charge in [0.1, 0.15) is 11.9 Å². The standard InChI is InChI=1S/C18H18BrNO3/c1-22-16-8-4-14(5-9-16)18(21)20-10-11-23-17(12-20)13-2-6-15(19)7-3-13/h2-9,17H,10-12H2,1H3. The fraction of sp³-hybridized carbons (Fsp3) is 0.278. The lowest BCUT2D eigenvalue weighted by atomic mass is 10.1. The van der Waals surface area contributed by atoms with Crippen molar-refractivity contribution in [3.63, 3.8) is 0 Å². The van der Waals surface area contributed by atoms with Gasteiger partial charge in [-0.3, -0.25) is 4.79 Å². The van der Waals surface area contributed by atoms with Crippen LogP contribution in [0.5, 0.6) is 5.75 Å². The van der Waals surface area contributed by atoms with Crippen LogP contribution >= 0.6 is 15.9 Å². The molecule has 1 aliphatic heterocycles. The van der Waals surface area contributed by atoms with Gasteiger partial charge in [-0.1, -0.05) is 28.1 Å². The van der Waals surface area contributed by atoms with Gasteiger partial charge < -0.3 is 14.4 Å². The Morgan fingerprint density at radius 3 is 2.52 bits per heavy atom. The molecule has 0 bridgehead atoms. The SMILES string of the molecule is COc1ccc(C(=O)N2CCOC(c3ccc(Br)cc3)C2)cc1. The highest BCUT2D eigenvalue weighted by Crippen LogP contribution is 2.25. The van der Waals surface area contributed by atoms with Crippen LogP contribution in [-0.2, 0) is 4.74 Å². The van der Waals surface area contributed by atoms with E-state index in [1.54, 1.807) is 31.4 Å². The van der Waals surface area contributed by atoms with E-state index in [0.29, 0.717) is 25.3 Å². The molecule has 1 amide bonds. The summed E-state index contributed by atoms with van der Waals surface area (Å²) in [6, 6.07) is 15.2. The number of rotatable bonds is 3. The number of halogens is 1. The van der Waals surface area contributed by atoms with E-state index < -0.39 is 0 Å². The lowest BCUT2D eigenvalue weighted by Gasteiger charge is -2.33. The summed E-state index contributed by atoms with van der Waals surface area (Å²) in [7, 11) is 1.61. The van der Waals surface area contributed by atoms with E-state index in [1.165, 1.54) is 0 Å². The molecule has 2 aromatic carbocycles. The number of carbonyl (C=O) groups excluding carboxylic acids is 1. The predicted octanol–water partition coefficient (Wildman–Crippen LogP) is 3.67. The first kappa shape index (κ1) is 16.0. The number of methoxy groups -OCH3 is 1. The van der Waals surface area contributed by atoms with E-state index in [4.69, 9.17) is 9.47 Å². The van der Waals surface area contributed by atoms with Gasteiger partial charge in [-0.25, -0.2) is 0 Å². The molecule has 1 atom stereocenters. The van der Waals surface area contributed by atoms with Crippen LogP contribution in [0.15, 0.2) is 53.0 Å². The van der Waals surface area contributed by atoms with Crippen molar-refractivity contribution in [3.05, 3.63) is 64.1 Å². The van der Waals surface area contributed by atoms with Gasteiger partial charge in [0.05, 0.1) is 20.3 Å². The highest BCUT2D eigenvalue weighted by molar-refractivity contribution is 9.10. The number of ether oxygens (including phenoxy) is 2. The summed E-state index contributed by atoms with van der Waals surface area (Å²) in [4.78, 5) is 14.5. The van der Waals surface area contributed by atoms with Gasteiger partial charge in [-0.15, -0.1) is 0 Å². The molecule has 3 rings (SSSR count). The molecule has 1 saturated heterocycles. The molecule has 1 aliphatic rings. The third-order valence-corrected chi connectivity index (χ3v) is 4.46. The van der Waals surface area contributed by atoms with Crippen LogP contribution in [-0.4, -0.2) is 37.6 Å². The summed E-state index contributed by atoms with van der Waals surface area (Å²) < 4.78 is 12.0. The Hall–Kier alpha value is -1.85. The van der Waals surface area contributed by atoms with Gasteiger partial charge in [-0.2, -0.15) is 0 Å². The largest absolute Gasteiger partial charge is 0.497 e. The number of carbonyl (C=O) groups is 1. The van der Waals surface area contributed by atoms with E-state index in [2.05, 4.69) is 15.9 Å². The Kier molecular flexibility index (Phi) is 4.98. The Morgan fingerprint density at radius 2 is 1.87 bits per heavy atom. The molecular formula is C18H18BrNO3. The average molecular weight is 376 g/mol. The molecule has 2 aromatic rings. The number of morpholine rings is 1. The molecule has 1 unspecified atom stereocenters. The lowest BCUT2D eigenvalue weighted by molar-refractivity contribution is -0.0228. The van der Waals surface area contributed by atoms with Gasteiger partial charge >= 0.3 is 0 Å². The summed E-state index contributed by atoms with van der Waals surface area (Å²) in [6.07, 6.45) is -0.0842. The molecule has 120 valence electrons. The van der Waals surface area contributed by atoms with Crippen LogP contribution in [0.2, 0.25) is 0 Å². The molecule has 0 radical (unpaired) electrons.